The SMILES string of the molecule is Cc1ccc(NC(=O)N[C@@H](Cc2cc(F)cc(F)c2)C(=O)N[C@@H]2C(=O)N3C[C@@H](O)C[C@H]3C(=O)N3CCCC[C@H]3C(=O)N[C@@H](C)C(=O)N3C[C@H](C)C[C@H]3C(=O)O[C@H]2C)cc1. The number of hydrogen-bond donors (Lipinski definition) is 5. The molecule has 318 valence electrons. The van der Waals surface area contributed by atoms with E-state index in [-0.39, 0.29) is 50.4 Å². The molecule has 9 atom stereocenters. The Labute approximate surface area is 340 Å². The summed E-state index contributed by atoms with van der Waals surface area (Å²) in [5.41, 5.74) is 1.28. The summed E-state index contributed by atoms with van der Waals surface area (Å²) in [7, 11) is 0. The fourth-order valence-electron chi connectivity index (χ4n) is 8.36. The molecule has 0 radical (unpaired) electrons. The van der Waals surface area contributed by atoms with E-state index in [0.717, 1.165) is 22.6 Å². The van der Waals surface area contributed by atoms with Gasteiger partial charge in [-0.15, -0.1) is 0 Å². The van der Waals surface area contributed by atoms with Crippen LogP contribution in [0.3, 0.4) is 0 Å². The zero-order valence-electron chi connectivity index (χ0n) is 33.4. The van der Waals surface area contributed by atoms with Crippen LogP contribution in [-0.4, -0.2) is 129 Å². The van der Waals surface area contributed by atoms with Gasteiger partial charge in [-0.2, -0.15) is 0 Å². The molecule has 5 N–H and O–H groups in total. The Hall–Kier alpha value is -5.65. The lowest BCUT2D eigenvalue weighted by Crippen LogP contribution is -2.63. The summed E-state index contributed by atoms with van der Waals surface area (Å²) in [6.45, 7) is 6.54. The van der Waals surface area contributed by atoms with E-state index in [1.54, 1.807) is 24.3 Å². The number of fused-ring (bicyclic) bond motifs is 3. The standard InChI is InChI=1S/C41H51F2N7O9/c1-21-8-10-28(11-9-21)45-41(58)46-30(16-25-14-26(42)17-27(43)15-25)35(52)47-34-24(4)59-40(57)33-13-22(2)19-49(33)37(54)23(3)44-36(53)31-7-5-6-12-48(31)38(55)32-18-29(51)20-50(32)39(34)56/h8-11,14-15,17,22-24,29-34,51H,5-7,12-13,16,18-20H2,1-4H3,(H,44,53)(H,47,52)(H2,45,46,58)/t22-,23+,24+,29+,30+,31+,32+,33+,34+/m1/s1. The lowest BCUT2D eigenvalue weighted by molar-refractivity contribution is -0.163. The van der Waals surface area contributed by atoms with Crippen molar-refractivity contribution >= 4 is 47.2 Å². The Balaban J connectivity index is 1.35. The molecule has 0 aliphatic carbocycles. The largest absolute Gasteiger partial charge is 0.458 e. The molecular formula is C41H51F2N7O9. The fourth-order valence-corrected chi connectivity index (χ4v) is 8.36. The number of halogens is 2. The highest BCUT2D eigenvalue weighted by atomic mass is 19.1. The van der Waals surface area contributed by atoms with Gasteiger partial charge in [0.2, 0.25) is 29.5 Å². The number of amides is 7. The number of benzene rings is 2. The third-order valence-corrected chi connectivity index (χ3v) is 11.4. The van der Waals surface area contributed by atoms with Crippen LogP contribution in [0.25, 0.3) is 0 Å². The number of cyclic esters (lactones) is 1. The summed E-state index contributed by atoms with van der Waals surface area (Å²) >= 11 is 0. The van der Waals surface area contributed by atoms with Crippen LogP contribution in [0.5, 0.6) is 0 Å². The third-order valence-electron chi connectivity index (χ3n) is 11.4. The van der Waals surface area contributed by atoms with E-state index in [4.69, 9.17) is 4.74 Å². The molecule has 6 rings (SSSR count). The fraction of sp³-hybridized carbons (Fsp3) is 0.537. The average Bonchev–Trinajstić information content (AvgIpc) is 3.78. The van der Waals surface area contributed by atoms with Crippen LogP contribution in [0.2, 0.25) is 0 Å². The van der Waals surface area contributed by atoms with E-state index < -0.39 is 108 Å². The minimum absolute atomic E-state index is 0.00938. The van der Waals surface area contributed by atoms with Crippen LogP contribution in [0, 0.1) is 24.5 Å². The molecule has 59 heavy (non-hydrogen) atoms. The maximum atomic E-state index is 14.7. The minimum Gasteiger partial charge on any atom is -0.458 e. The van der Waals surface area contributed by atoms with Gasteiger partial charge in [-0.1, -0.05) is 24.6 Å². The summed E-state index contributed by atoms with van der Waals surface area (Å²) in [6, 6.07) is 0.750. The van der Waals surface area contributed by atoms with Crippen LogP contribution in [0.4, 0.5) is 19.3 Å². The molecule has 4 heterocycles. The molecule has 4 saturated heterocycles. The number of esters is 1. The van der Waals surface area contributed by atoms with Gasteiger partial charge in [0.25, 0.3) is 0 Å². The Morgan fingerprint density at radius 1 is 0.864 bits per heavy atom. The molecule has 18 heteroatoms. The number of aliphatic hydroxyl groups is 1. The number of urea groups is 1. The Bertz CT molecular complexity index is 1950. The lowest BCUT2D eigenvalue weighted by Gasteiger charge is -2.39. The van der Waals surface area contributed by atoms with Crippen LogP contribution >= 0.6 is 0 Å². The smallest absolute Gasteiger partial charge is 0.329 e. The first kappa shape index (κ1) is 42.9. The zero-order valence-corrected chi connectivity index (χ0v) is 33.4. The lowest BCUT2D eigenvalue weighted by atomic mass is 9.98. The van der Waals surface area contributed by atoms with E-state index >= 15 is 0 Å². The van der Waals surface area contributed by atoms with Crippen LogP contribution in [0.1, 0.15) is 64.0 Å². The number of nitrogens with one attached hydrogen (secondary N) is 4. The molecule has 4 aliphatic heterocycles. The molecule has 2 aromatic rings. The molecule has 0 saturated carbocycles. The van der Waals surface area contributed by atoms with Gasteiger partial charge in [0.05, 0.1) is 6.10 Å². The quantitative estimate of drug-likeness (QED) is 0.268. The van der Waals surface area contributed by atoms with Crippen molar-refractivity contribution in [1.29, 1.82) is 0 Å². The maximum Gasteiger partial charge on any atom is 0.329 e. The topological polar surface area (TPSA) is 207 Å². The van der Waals surface area contributed by atoms with Crippen LogP contribution in [0.15, 0.2) is 42.5 Å². The van der Waals surface area contributed by atoms with Gasteiger partial charge in [-0.05, 0) is 82.2 Å². The number of ether oxygens (including phenoxy) is 1. The van der Waals surface area contributed by atoms with Gasteiger partial charge in [0.1, 0.15) is 54.0 Å². The van der Waals surface area contributed by atoms with E-state index in [1.165, 1.54) is 23.6 Å². The van der Waals surface area contributed by atoms with Crippen molar-refractivity contribution in [2.75, 3.05) is 25.0 Å². The Morgan fingerprint density at radius 3 is 2.24 bits per heavy atom. The van der Waals surface area contributed by atoms with Gasteiger partial charge in [0.15, 0.2) is 0 Å². The van der Waals surface area contributed by atoms with Gasteiger partial charge in [-0.3, -0.25) is 24.0 Å². The molecule has 2 aromatic carbocycles. The maximum absolute atomic E-state index is 14.7. The molecule has 0 bridgehead atoms. The van der Waals surface area contributed by atoms with Crippen molar-refractivity contribution in [3.05, 3.63) is 65.2 Å². The van der Waals surface area contributed by atoms with E-state index in [9.17, 15) is 47.4 Å². The van der Waals surface area contributed by atoms with Gasteiger partial charge in [-0.25, -0.2) is 18.4 Å². The molecular weight excluding hydrogens is 772 g/mol. The molecule has 0 unspecified atom stereocenters. The van der Waals surface area contributed by atoms with E-state index in [1.807, 2.05) is 13.8 Å². The number of aryl methyl sites for hydroxylation is 1. The molecule has 0 aromatic heterocycles. The minimum atomic E-state index is -1.74. The van der Waals surface area contributed by atoms with Crippen LogP contribution in [-0.2, 0) is 39.9 Å². The predicted octanol–water partition coefficient (Wildman–Crippen LogP) is 1.52. The highest BCUT2D eigenvalue weighted by Gasteiger charge is 2.49. The Kier molecular flexibility index (Phi) is 13.2. The molecule has 4 fully saturated rings. The van der Waals surface area contributed by atoms with E-state index in [0.29, 0.717) is 24.6 Å². The molecule has 16 nitrogen and oxygen atoms in total. The van der Waals surface area contributed by atoms with E-state index in [2.05, 4.69) is 21.3 Å². The number of carbonyl (C=O) groups is 7. The molecule has 4 aliphatic rings. The highest BCUT2D eigenvalue weighted by Crippen LogP contribution is 2.29. The van der Waals surface area contributed by atoms with Crippen molar-refractivity contribution in [2.24, 2.45) is 5.92 Å². The first-order chi connectivity index (χ1) is 28.0. The second-order valence-corrected chi connectivity index (χ2v) is 16.1. The number of hydrogen-bond acceptors (Lipinski definition) is 9. The van der Waals surface area contributed by atoms with Crippen LogP contribution < -0.4 is 21.3 Å². The van der Waals surface area contributed by atoms with Gasteiger partial charge in [0, 0.05) is 44.2 Å². The Morgan fingerprint density at radius 2 is 1.54 bits per heavy atom. The highest BCUT2D eigenvalue weighted by molar-refractivity contribution is 5.99. The predicted molar refractivity (Wildman–Crippen MR) is 207 cm³/mol. The first-order valence-corrected chi connectivity index (χ1v) is 20.0. The summed E-state index contributed by atoms with van der Waals surface area (Å²) in [5, 5.41) is 21.3. The third kappa shape index (κ3) is 9.97. The second-order valence-electron chi connectivity index (χ2n) is 16.1. The summed E-state index contributed by atoms with van der Waals surface area (Å²) in [4.78, 5) is 102. The van der Waals surface area contributed by atoms with Crippen molar-refractivity contribution < 1.29 is 52.2 Å². The number of anilines is 1. The van der Waals surface area contributed by atoms with Crippen molar-refractivity contribution in [3.8, 4) is 0 Å². The average molecular weight is 824 g/mol. The first-order valence-electron chi connectivity index (χ1n) is 20.0. The number of rotatable bonds is 6. The summed E-state index contributed by atoms with van der Waals surface area (Å²) < 4.78 is 34.5. The second kappa shape index (κ2) is 18.1. The number of nitrogens with zero attached hydrogens (tertiary/aromatic N) is 3. The molecule has 0 spiro atoms. The summed E-state index contributed by atoms with van der Waals surface area (Å²) in [6.07, 6.45) is -1.60. The normalized spacial score (nSPS) is 28.5. The number of piperidine rings is 1. The van der Waals surface area contributed by atoms with Gasteiger partial charge >= 0.3 is 12.0 Å². The molecule has 7 amide bonds. The monoisotopic (exact) mass is 823 g/mol. The van der Waals surface area contributed by atoms with Crippen molar-refractivity contribution in [3.63, 3.8) is 0 Å². The van der Waals surface area contributed by atoms with Crippen molar-refractivity contribution in [1.82, 2.24) is 30.7 Å². The summed E-state index contributed by atoms with van der Waals surface area (Å²) in [5.74, 6) is -6.57. The van der Waals surface area contributed by atoms with Crippen molar-refractivity contribution in [2.45, 2.75) is 115 Å². The number of aliphatic hydroxyl groups excluding tert-OH is 1. The van der Waals surface area contributed by atoms with Gasteiger partial charge < -0.3 is 45.8 Å². The number of carbonyl (C=O) groups excluding carboxylic acids is 7. The zero-order chi connectivity index (χ0) is 42.7.